The van der Waals surface area contributed by atoms with Crippen LogP contribution in [0.15, 0.2) is 64.4 Å². The fourth-order valence-electron chi connectivity index (χ4n) is 2.59. The van der Waals surface area contributed by atoms with Crippen molar-refractivity contribution in [1.82, 2.24) is 15.2 Å². The second-order valence-corrected chi connectivity index (χ2v) is 6.75. The lowest BCUT2D eigenvalue weighted by atomic mass is 10.2. The van der Waals surface area contributed by atoms with Gasteiger partial charge < -0.3 is 14.7 Å². The average Bonchev–Trinajstić information content (AvgIpc) is 3.28. The van der Waals surface area contributed by atoms with Crippen molar-refractivity contribution in [2.45, 2.75) is 12.1 Å². The lowest BCUT2D eigenvalue weighted by Crippen LogP contribution is -2.13. The molecule has 2 N–H and O–H groups in total. The Hall–Kier alpha value is -3.06. The molecule has 130 valence electrons. The first-order chi connectivity index (χ1) is 12.7. The maximum Gasteiger partial charge on any atom is 0.277 e. The van der Waals surface area contributed by atoms with Crippen LogP contribution in [0.2, 0.25) is 0 Å². The number of aromatic nitrogens is 3. The van der Waals surface area contributed by atoms with Crippen molar-refractivity contribution in [3.63, 3.8) is 0 Å². The molecule has 0 aliphatic rings. The summed E-state index contributed by atoms with van der Waals surface area (Å²) >= 11 is 1.21. The first-order valence-electron chi connectivity index (χ1n) is 8.08. The van der Waals surface area contributed by atoms with Crippen LogP contribution < -0.4 is 5.32 Å². The van der Waals surface area contributed by atoms with Gasteiger partial charge in [0.25, 0.3) is 11.1 Å². The monoisotopic (exact) mass is 364 g/mol. The van der Waals surface area contributed by atoms with Crippen LogP contribution in [0.5, 0.6) is 0 Å². The van der Waals surface area contributed by atoms with Gasteiger partial charge in [-0.2, -0.15) is 0 Å². The van der Waals surface area contributed by atoms with Crippen molar-refractivity contribution in [3.05, 3.63) is 60.3 Å². The SMILES string of the molecule is Cc1ccc(NC(=O)CSc2nnc(-c3c[nH]c4ccccc34)o2)cc1. The lowest BCUT2D eigenvalue weighted by molar-refractivity contribution is -0.113. The molecule has 26 heavy (non-hydrogen) atoms. The third-order valence-electron chi connectivity index (χ3n) is 3.89. The number of hydrogen-bond acceptors (Lipinski definition) is 5. The summed E-state index contributed by atoms with van der Waals surface area (Å²) in [4.78, 5) is 15.2. The summed E-state index contributed by atoms with van der Waals surface area (Å²) in [7, 11) is 0. The summed E-state index contributed by atoms with van der Waals surface area (Å²) in [5.74, 6) is 0.512. The maximum atomic E-state index is 12.1. The lowest BCUT2D eigenvalue weighted by Gasteiger charge is -2.03. The molecular formula is C19H16N4O2S. The first kappa shape index (κ1) is 16.4. The third kappa shape index (κ3) is 3.48. The van der Waals surface area contributed by atoms with E-state index in [1.807, 2.05) is 61.7 Å². The van der Waals surface area contributed by atoms with E-state index >= 15 is 0 Å². The quantitative estimate of drug-likeness (QED) is 0.517. The molecule has 0 saturated heterocycles. The van der Waals surface area contributed by atoms with Crippen LogP contribution in [0, 0.1) is 6.92 Å². The summed E-state index contributed by atoms with van der Waals surface area (Å²) in [5, 5.41) is 12.3. The first-order valence-corrected chi connectivity index (χ1v) is 9.07. The highest BCUT2D eigenvalue weighted by atomic mass is 32.2. The molecule has 6 nitrogen and oxygen atoms in total. The van der Waals surface area contributed by atoms with E-state index in [2.05, 4.69) is 20.5 Å². The van der Waals surface area contributed by atoms with Crippen LogP contribution in [0.1, 0.15) is 5.56 Å². The minimum Gasteiger partial charge on any atom is -0.411 e. The van der Waals surface area contributed by atoms with Crippen molar-refractivity contribution >= 4 is 34.3 Å². The molecule has 1 amide bonds. The van der Waals surface area contributed by atoms with Crippen molar-refractivity contribution < 1.29 is 9.21 Å². The van der Waals surface area contributed by atoms with Crippen molar-refractivity contribution in [3.8, 4) is 11.5 Å². The Morgan fingerprint density at radius 1 is 1.15 bits per heavy atom. The molecular weight excluding hydrogens is 348 g/mol. The van der Waals surface area contributed by atoms with E-state index in [4.69, 9.17) is 4.42 Å². The molecule has 4 rings (SSSR count). The summed E-state index contributed by atoms with van der Waals surface area (Å²) in [6, 6.07) is 15.6. The zero-order valence-corrected chi connectivity index (χ0v) is 14.8. The molecule has 0 aliphatic heterocycles. The van der Waals surface area contributed by atoms with Crippen molar-refractivity contribution in [1.29, 1.82) is 0 Å². The highest BCUT2D eigenvalue weighted by molar-refractivity contribution is 7.99. The van der Waals surface area contributed by atoms with Crippen LogP contribution in [0.3, 0.4) is 0 Å². The van der Waals surface area contributed by atoms with Gasteiger partial charge in [0.2, 0.25) is 5.91 Å². The van der Waals surface area contributed by atoms with Gasteiger partial charge in [0.05, 0.1) is 11.3 Å². The van der Waals surface area contributed by atoms with Crippen molar-refractivity contribution in [2.24, 2.45) is 0 Å². The van der Waals surface area contributed by atoms with E-state index in [0.29, 0.717) is 11.1 Å². The van der Waals surface area contributed by atoms with Crippen LogP contribution >= 0.6 is 11.8 Å². The molecule has 2 aromatic carbocycles. The number of thioether (sulfide) groups is 1. The van der Waals surface area contributed by atoms with Gasteiger partial charge in [-0.3, -0.25) is 4.79 Å². The largest absolute Gasteiger partial charge is 0.411 e. The van der Waals surface area contributed by atoms with Gasteiger partial charge in [-0.05, 0) is 25.1 Å². The number of hydrogen-bond donors (Lipinski definition) is 2. The van der Waals surface area contributed by atoms with Crippen LogP contribution in [-0.2, 0) is 4.79 Å². The van der Waals surface area contributed by atoms with Gasteiger partial charge >= 0.3 is 0 Å². The highest BCUT2D eigenvalue weighted by Gasteiger charge is 2.14. The second kappa shape index (κ2) is 7.05. The molecule has 7 heteroatoms. The van der Waals surface area contributed by atoms with E-state index in [-0.39, 0.29) is 11.7 Å². The van der Waals surface area contributed by atoms with E-state index in [9.17, 15) is 4.79 Å². The molecule has 0 atom stereocenters. The highest BCUT2D eigenvalue weighted by Crippen LogP contribution is 2.29. The Morgan fingerprint density at radius 2 is 1.96 bits per heavy atom. The summed E-state index contributed by atoms with van der Waals surface area (Å²) < 4.78 is 5.69. The predicted octanol–water partition coefficient (Wildman–Crippen LogP) is 4.26. The summed E-state index contributed by atoms with van der Waals surface area (Å²) in [6.45, 7) is 2.00. The number of para-hydroxylation sites is 1. The number of aryl methyl sites for hydroxylation is 1. The van der Waals surface area contributed by atoms with Gasteiger partial charge in [0.15, 0.2) is 0 Å². The Morgan fingerprint density at radius 3 is 2.81 bits per heavy atom. The topological polar surface area (TPSA) is 83.8 Å². The molecule has 0 bridgehead atoms. The molecule has 2 heterocycles. The number of anilines is 1. The number of carbonyl (C=O) groups excluding carboxylic acids is 1. The molecule has 0 spiro atoms. The van der Waals surface area contributed by atoms with Crippen LogP contribution in [-0.4, -0.2) is 26.8 Å². The predicted molar refractivity (Wildman–Crippen MR) is 102 cm³/mol. The molecule has 4 aromatic rings. The van der Waals surface area contributed by atoms with E-state index in [1.54, 1.807) is 0 Å². The summed E-state index contributed by atoms with van der Waals surface area (Å²) in [6.07, 6.45) is 1.84. The number of fused-ring (bicyclic) bond motifs is 1. The average molecular weight is 364 g/mol. The normalized spacial score (nSPS) is 11.0. The number of nitrogens with one attached hydrogen (secondary N) is 2. The molecule has 0 radical (unpaired) electrons. The van der Waals surface area contributed by atoms with Gasteiger partial charge in [0, 0.05) is 22.8 Å². The fraction of sp³-hybridized carbons (Fsp3) is 0.105. The number of nitrogens with zero attached hydrogens (tertiary/aromatic N) is 2. The zero-order valence-electron chi connectivity index (χ0n) is 14.0. The smallest absolute Gasteiger partial charge is 0.277 e. The number of H-pyrrole nitrogens is 1. The second-order valence-electron chi connectivity index (χ2n) is 5.82. The Labute approximate surface area is 154 Å². The number of rotatable bonds is 5. The molecule has 0 saturated carbocycles. The Balaban J connectivity index is 1.40. The molecule has 0 fully saturated rings. The minimum absolute atomic E-state index is 0.120. The summed E-state index contributed by atoms with van der Waals surface area (Å²) in [5.41, 5.74) is 3.77. The Kier molecular flexibility index (Phi) is 4.45. The van der Waals surface area contributed by atoms with E-state index in [0.717, 1.165) is 27.7 Å². The number of amides is 1. The van der Waals surface area contributed by atoms with Crippen molar-refractivity contribution in [2.75, 3.05) is 11.1 Å². The van der Waals surface area contributed by atoms with Gasteiger partial charge in [-0.1, -0.05) is 47.7 Å². The third-order valence-corrected chi connectivity index (χ3v) is 4.71. The van der Waals surface area contributed by atoms with E-state index < -0.39 is 0 Å². The van der Waals surface area contributed by atoms with Crippen LogP contribution in [0.25, 0.3) is 22.4 Å². The minimum atomic E-state index is -0.120. The number of benzene rings is 2. The molecule has 0 unspecified atom stereocenters. The maximum absolute atomic E-state index is 12.1. The van der Waals surface area contributed by atoms with E-state index in [1.165, 1.54) is 11.8 Å². The number of carbonyl (C=O) groups is 1. The zero-order chi connectivity index (χ0) is 17.9. The van der Waals surface area contributed by atoms with Crippen LogP contribution in [0.4, 0.5) is 5.69 Å². The Bertz CT molecular complexity index is 1050. The van der Waals surface area contributed by atoms with Gasteiger partial charge in [-0.25, -0.2) is 0 Å². The number of aromatic amines is 1. The molecule has 2 aromatic heterocycles. The standard InChI is InChI=1S/C19H16N4O2S/c1-12-6-8-13(9-7-12)21-17(24)11-26-19-23-22-18(25-19)15-10-20-16-5-3-2-4-14(15)16/h2-10,20H,11H2,1H3,(H,21,24). The van der Waals surface area contributed by atoms with Gasteiger partial charge in [0.1, 0.15) is 0 Å². The molecule has 0 aliphatic carbocycles. The fourth-order valence-corrected chi connectivity index (χ4v) is 3.15. The van der Waals surface area contributed by atoms with Gasteiger partial charge in [-0.15, -0.1) is 10.2 Å².